The van der Waals surface area contributed by atoms with Gasteiger partial charge in [-0.25, -0.2) is 4.99 Å². The Balaban J connectivity index is 2.40. The highest BCUT2D eigenvalue weighted by Crippen LogP contribution is 2.27. The molecule has 1 heterocycles. The highest BCUT2D eigenvalue weighted by molar-refractivity contribution is 6.05. The van der Waals surface area contributed by atoms with Crippen LogP contribution in [-0.2, 0) is 6.42 Å². The smallest absolute Gasteiger partial charge is 0.220 e. The normalized spacial score (nSPS) is 18.3. The lowest BCUT2D eigenvalue weighted by atomic mass is 10.1. The van der Waals surface area contributed by atoms with E-state index in [2.05, 4.69) is 29.0 Å². The highest BCUT2D eigenvalue weighted by Gasteiger charge is 2.32. The molecule has 5 heteroatoms. The van der Waals surface area contributed by atoms with Crippen molar-refractivity contribution in [2.45, 2.75) is 32.9 Å². The predicted octanol–water partition coefficient (Wildman–Crippen LogP) is 1.43. The molecule has 1 aliphatic heterocycles. The van der Waals surface area contributed by atoms with Gasteiger partial charge < -0.3 is 11.5 Å². The minimum Gasteiger partial charge on any atom is -0.369 e. The number of aryl methyl sites for hydroxylation is 1. The first-order chi connectivity index (χ1) is 8.44. The molecular weight excluding hydrogens is 226 g/mol. The fourth-order valence-corrected chi connectivity index (χ4v) is 2.13. The lowest BCUT2D eigenvalue weighted by molar-refractivity contribution is 0.534. The summed E-state index contributed by atoms with van der Waals surface area (Å²) in [6.07, 6.45) is 1.01. The number of hydrogen-bond acceptors (Lipinski definition) is 5. The molecule has 5 nitrogen and oxygen atoms in total. The van der Waals surface area contributed by atoms with E-state index in [4.69, 9.17) is 11.5 Å². The van der Waals surface area contributed by atoms with E-state index in [1.54, 1.807) is 0 Å². The quantitative estimate of drug-likeness (QED) is 0.827. The van der Waals surface area contributed by atoms with Gasteiger partial charge in [-0.1, -0.05) is 19.1 Å². The molecular formula is C13H19N5. The van der Waals surface area contributed by atoms with E-state index in [-0.39, 0.29) is 5.96 Å². The molecule has 0 saturated heterocycles. The average molecular weight is 245 g/mol. The number of nitrogens with two attached hydrogens (primary N) is 2. The number of anilines is 1. The standard InChI is InChI=1S/C13H19N5/c1-4-9-5-7-10(8-6-9)18-12(15)16-11(14)17-13(18,2)3/h5-8H,4H2,1-3H3,(H4,14,15,16,17). The van der Waals surface area contributed by atoms with Crippen molar-refractivity contribution in [2.24, 2.45) is 21.5 Å². The second kappa shape index (κ2) is 4.33. The summed E-state index contributed by atoms with van der Waals surface area (Å²) in [6.45, 7) is 6.03. The van der Waals surface area contributed by atoms with Crippen LogP contribution in [-0.4, -0.2) is 17.6 Å². The largest absolute Gasteiger partial charge is 0.369 e. The summed E-state index contributed by atoms with van der Waals surface area (Å²) in [5.41, 5.74) is 13.3. The molecule has 0 aliphatic carbocycles. The fraction of sp³-hybridized carbons (Fsp3) is 0.385. The first-order valence-electron chi connectivity index (χ1n) is 6.02. The average Bonchev–Trinajstić information content (AvgIpc) is 2.27. The zero-order valence-electron chi connectivity index (χ0n) is 11.0. The van der Waals surface area contributed by atoms with Crippen molar-refractivity contribution >= 4 is 17.6 Å². The first-order valence-corrected chi connectivity index (χ1v) is 6.02. The maximum Gasteiger partial charge on any atom is 0.220 e. The summed E-state index contributed by atoms with van der Waals surface area (Å²) < 4.78 is 0. The van der Waals surface area contributed by atoms with Crippen LogP contribution >= 0.6 is 0 Å². The van der Waals surface area contributed by atoms with Gasteiger partial charge in [0.25, 0.3) is 0 Å². The molecule has 0 spiro atoms. The Morgan fingerprint density at radius 2 is 1.78 bits per heavy atom. The van der Waals surface area contributed by atoms with Crippen molar-refractivity contribution in [3.05, 3.63) is 29.8 Å². The summed E-state index contributed by atoms with van der Waals surface area (Å²) in [6, 6.07) is 8.22. The van der Waals surface area contributed by atoms with Gasteiger partial charge in [0.15, 0.2) is 0 Å². The highest BCUT2D eigenvalue weighted by atomic mass is 15.4. The molecule has 1 aliphatic rings. The fourth-order valence-electron chi connectivity index (χ4n) is 2.13. The van der Waals surface area contributed by atoms with Crippen LogP contribution in [0, 0.1) is 0 Å². The topological polar surface area (TPSA) is 80.0 Å². The van der Waals surface area contributed by atoms with Gasteiger partial charge in [-0.3, -0.25) is 4.90 Å². The van der Waals surface area contributed by atoms with E-state index in [1.807, 2.05) is 30.9 Å². The van der Waals surface area contributed by atoms with Crippen LogP contribution in [0.1, 0.15) is 26.3 Å². The van der Waals surface area contributed by atoms with Crippen molar-refractivity contribution in [3.8, 4) is 0 Å². The number of benzene rings is 1. The second-order valence-electron chi connectivity index (χ2n) is 4.79. The summed E-state index contributed by atoms with van der Waals surface area (Å²) >= 11 is 0. The van der Waals surface area contributed by atoms with E-state index in [0.717, 1.165) is 12.1 Å². The van der Waals surface area contributed by atoms with Crippen LogP contribution in [0.2, 0.25) is 0 Å². The molecule has 0 amide bonds. The van der Waals surface area contributed by atoms with Crippen molar-refractivity contribution < 1.29 is 0 Å². The molecule has 1 aromatic carbocycles. The molecule has 0 saturated carbocycles. The Labute approximate surface area is 107 Å². The Kier molecular flexibility index (Phi) is 2.98. The lowest BCUT2D eigenvalue weighted by Gasteiger charge is -2.38. The minimum atomic E-state index is -0.524. The van der Waals surface area contributed by atoms with Gasteiger partial charge in [-0.15, -0.1) is 0 Å². The summed E-state index contributed by atoms with van der Waals surface area (Å²) in [5.74, 6) is 0.593. The Morgan fingerprint density at radius 3 is 2.28 bits per heavy atom. The van der Waals surface area contributed by atoms with Crippen molar-refractivity contribution in [2.75, 3.05) is 4.90 Å². The zero-order chi connectivity index (χ0) is 13.3. The Morgan fingerprint density at radius 1 is 1.17 bits per heavy atom. The molecule has 2 rings (SSSR count). The molecule has 4 N–H and O–H groups in total. The van der Waals surface area contributed by atoms with Crippen LogP contribution in [0.5, 0.6) is 0 Å². The Hall–Kier alpha value is -2.04. The summed E-state index contributed by atoms with van der Waals surface area (Å²) in [4.78, 5) is 10.2. The molecule has 0 radical (unpaired) electrons. The van der Waals surface area contributed by atoms with Crippen LogP contribution in [0.15, 0.2) is 34.3 Å². The molecule has 1 aromatic rings. The monoisotopic (exact) mass is 245 g/mol. The van der Waals surface area contributed by atoms with E-state index in [0.29, 0.717) is 5.96 Å². The lowest BCUT2D eigenvalue weighted by Crippen LogP contribution is -2.54. The number of guanidine groups is 2. The van der Waals surface area contributed by atoms with Crippen LogP contribution in [0.25, 0.3) is 0 Å². The van der Waals surface area contributed by atoms with E-state index in [9.17, 15) is 0 Å². The molecule has 0 bridgehead atoms. The second-order valence-corrected chi connectivity index (χ2v) is 4.79. The van der Waals surface area contributed by atoms with E-state index in [1.165, 1.54) is 5.56 Å². The maximum absolute atomic E-state index is 5.96. The third kappa shape index (κ3) is 2.16. The molecule has 96 valence electrons. The number of aliphatic imine (C=N–C) groups is 2. The van der Waals surface area contributed by atoms with Gasteiger partial charge in [0.2, 0.25) is 11.9 Å². The van der Waals surface area contributed by atoms with Gasteiger partial charge in [0.1, 0.15) is 5.66 Å². The predicted molar refractivity (Wildman–Crippen MR) is 75.6 cm³/mol. The zero-order valence-corrected chi connectivity index (χ0v) is 11.0. The number of nitrogens with zero attached hydrogens (tertiary/aromatic N) is 3. The third-order valence-corrected chi connectivity index (χ3v) is 3.00. The molecule has 0 fully saturated rings. The summed E-state index contributed by atoms with van der Waals surface area (Å²) in [7, 11) is 0. The molecule has 0 atom stereocenters. The number of hydrogen-bond donors (Lipinski definition) is 2. The summed E-state index contributed by atoms with van der Waals surface area (Å²) in [5, 5.41) is 0. The SMILES string of the molecule is CCc1ccc(N2C(N)=NC(N)=NC2(C)C)cc1. The van der Waals surface area contributed by atoms with Crippen LogP contribution < -0.4 is 16.4 Å². The molecule has 0 aromatic heterocycles. The van der Waals surface area contributed by atoms with Gasteiger partial charge in [0, 0.05) is 5.69 Å². The van der Waals surface area contributed by atoms with Gasteiger partial charge in [0.05, 0.1) is 0 Å². The maximum atomic E-state index is 5.96. The van der Waals surface area contributed by atoms with E-state index < -0.39 is 5.66 Å². The third-order valence-electron chi connectivity index (χ3n) is 3.00. The minimum absolute atomic E-state index is 0.221. The van der Waals surface area contributed by atoms with E-state index >= 15 is 0 Å². The Bertz CT molecular complexity index is 499. The molecule has 18 heavy (non-hydrogen) atoms. The van der Waals surface area contributed by atoms with Crippen molar-refractivity contribution in [3.63, 3.8) is 0 Å². The number of rotatable bonds is 2. The van der Waals surface area contributed by atoms with Crippen molar-refractivity contribution in [1.82, 2.24) is 0 Å². The van der Waals surface area contributed by atoms with Crippen molar-refractivity contribution in [1.29, 1.82) is 0 Å². The van der Waals surface area contributed by atoms with Gasteiger partial charge >= 0.3 is 0 Å². The van der Waals surface area contributed by atoms with Crippen LogP contribution in [0.3, 0.4) is 0 Å². The van der Waals surface area contributed by atoms with Gasteiger partial charge in [-0.2, -0.15) is 4.99 Å². The first kappa shape index (κ1) is 12.4. The van der Waals surface area contributed by atoms with Gasteiger partial charge in [-0.05, 0) is 38.0 Å². The van der Waals surface area contributed by atoms with Crippen LogP contribution in [0.4, 0.5) is 5.69 Å². The molecule has 0 unspecified atom stereocenters.